The second-order valence-corrected chi connectivity index (χ2v) is 28.3. The molecule has 0 bridgehead atoms. The van der Waals surface area contributed by atoms with Crippen LogP contribution < -0.4 is 9.81 Å². The van der Waals surface area contributed by atoms with Gasteiger partial charge in [0.15, 0.2) is 0 Å². The van der Waals surface area contributed by atoms with Gasteiger partial charge in [-0.15, -0.1) is 0 Å². The summed E-state index contributed by atoms with van der Waals surface area (Å²) in [5.74, 6) is 0. The number of rotatable bonds is 4. The van der Waals surface area contributed by atoms with Crippen molar-refractivity contribution in [2.24, 2.45) is 0 Å². The van der Waals surface area contributed by atoms with Gasteiger partial charge >= 0.3 is 281 Å². The van der Waals surface area contributed by atoms with Crippen LogP contribution in [0.4, 0.5) is 26.3 Å². The Morgan fingerprint density at radius 3 is 1.67 bits per heavy atom. The molecule has 0 amide bonds. The zero-order valence-electron chi connectivity index (χ0n) is 28.1. The summed E-state index contributed by atoms with van der Waals surface area (Å²) in [6.45, 7) is 12.6. The maximum absolute atomic E-state index is 14.5. The van der Waals surface area contributed by atoms with Gasteiger partial charge < -0.3 is 0 Å². The number of allylic oxidation sites excluding steroid dienone is 4. The molecule has 0 unspecified atom stereocenters. The van der Waals surface area contributed by atoms with Crippen molar-refractivity contribution in [3.05, 3.63) is 134 Å². The molecule has 6 rings (SSSR count). The van der Waals surface area contributed by atoms with E-state index in [-0.39, 0.29) is 5.41 Å². The summed E-state index contributed by atoms with van der Waals surface area (Å²) in [7, 11) is 0. The third-order valence-corrected chi connectivity index (χ3v) is 26.7. The van der Waals surface area contributed by atoms with E-state index in [0.29, 0.717) is 19.4 Å². The first-order valence-electron chi connectivity index (χ1n) is 16.2. The summed E-state index contributed by atoms with van der Waals surface area (Å²) in [6, 6.07) is 21.1. The summed E-state index contributed by atoms with van der Waals surface area (Å²) in [4.78, 5) is 0. The van der Waals surface area contributed by atoms with Crippen LogP contribution in [-0.4, -0.2) is 4.21 Å². The zero-order chi connectivity index (χ0) is 35.1. The first-order chi connectivity index (χ1) is 22.1. The normalized spacial score (nSPS) is 15.4. The summed E-state index contributed by atoms with van der Waals surface area (Å²) in [6.07, 6.45) is -2.74. The Morgan fingerprint density at radius 1 is 0.625 bits per heavy atom. The van der Waals surface area contributed by atoms with Crippen molar-refractivity contribution in [3.63, 3.8) is 0 Å². The fraction of sp³-hybridized carbons (Fsp3) is 0.293. The van der Waals surface area contributed by atoms with E-state index < -0.39 is 47.2 Å². The Balaban J connectivity index is 1.86. The minimum atomic E-state index is -6.03. The third-order valence-electron chi connectivity index (χ3n) is 10.4. The molecule has 0 saturated carbocycles. The number of alkyl halides is 6. The summed E-state index contributed by atoms with van der Waals surface area (Å²) >= 11 is -6.03. The topological polar surface area (TPSA) is 0 Å². The summed E-state index contributed by atoms with van der Waals surface area (Å²) < 4.78 is 94.6. The van der Waals surface area contributed by atoms with E-state index in [2.05, 4.69) is 65.8 Å². The average Bonchev–Trinajstić information content (AvgIpc) is 3.67. The van der Waals surface area contributed by atoms with Crippen LogP contribution in [0.25, 0.3) is 11.1 Å². The van der Waals surface area contributed by atoms with Gasteiger partial charge in [-0.2, -0.15) is 0 Å². The first-order valence-corrected chi connectivity index (χ1v) is 22.9. The van der Waals surface area contributed by atoms with Gasteiger partial charge in [-0.25, -0.2) is 0 Å². The van der Waals surface area contributed by atoms with Gasteiger partial charge in [0, 0.05) is 0 Å². The van der Waals surface area contributed by atoms with Gasteiger partial charge in [-0.1, -0.05) is 0 Å². The molecule has 2 aliphatic rings. The fourth-order valence-electron chi connectivity index (χ4n) is 7.92. The molecule has 2 aliphatic carbocycles. The van der Waals surface area contributed by atoms with E-state index in [0.717, 1.165) is 52.1 Å². The van der Waals surface area contributed by atoms with Crippen LogP contribution in [0.15, 0.2) is 100 Å². The number of hydrogen-bond acceptors (Lipinski definition) is 0. The Morgan fingerprint density at radius 2 is 1.19 bits per heavy atom. The molecule has 0 fully saturated rings. The standard InChI is InChI=1S/C21H25.2C7H4F3.C5H5.CH2.Zr/c1-20(2,3)16-7-9-18-14(12-16)11-15-13-17(21(4,5)6)8-10-19(15)18;2*8-7(9,10)6-4-2-1-3-5-6;1-2-4-5-3-1;;/h7-10,12H,11H2,1-6H3;2*1-2,4-5H;1-3H,4H2;1H2;. The Labute approximate surface area is 279 Å². The molecular weight excluding hydrogens is 698 g/mol. The van der Waals surface area contributed by atoms with Crippen LogP contribution in [0.1, 0.15) is 81.3 Å². The number of hydrogen-bond donors (Lipinski definition) is 0. The van der Waals surface area contributed by atoms with Gasteiger partial charge in [0.25, 0.3) is 0 Å². The summed E-state index contributed by atoms with van der Waals surface area (Å²) in [5.41, 5.74) is 3.78. The minimum absolute atomic E-state index is 0.115. The third kappa shape index (κ3) is 5.36. The van der Waals surface area contributed by atoms with Crippen LogP contribution in [0, 0.1) is 0 Å². The van der Waals surface area contributed by atoms with Crippen molar-refractivity contribution in [1.29, 1.82) is 0 Å². The summed E-state index contributed by atoms with van der Waals surface area (Å²) in [5, 5.41) is 0. The van der Waals surface area contributed by atoms with Crippen LogP contribution in [0.5, 0.6) is 0 Å². The molecule has 0 radical (unpaired) electrons. The fourth-order valence-corrected chi connectivity index (χ4v) is 24.7. The van der Waals surface area contributed by atoms with Crippen molar-refractivity contribution >= 4 is 14.0 Å². The Hall–Kier alpha value is -3.31. The second kappa shape index (κ2) is 11.1. The molecule has 0 atom stereocenters. The van der Waals surface area contributed by atoms with Crippen molar-refractivity contribution in [1.82, 2.24) is 0 Å². The molecule has 0 heterocycles. The number of halogens is 6. The Kier molecular flexibility index (Phi) is 7.99. The molecule has 0 N–H and O–H groups in total. The van der Waals surface area contributed by atoms with E-state index >= 15 is 0 Å². The van der Waals surface area contributed by atoms with Crippen LogP contribution in [0.2, 0.25) is 0 Å². The first kappa shape index (κ1) is 34.6. The molecule has 48 heavy (non-hydrogen) atoms. The quantitative estimate of drug-likeness (QED) is 0.161. The van der Waals surface area contributed by atoms with E-state index in [1.165, 1.54) is 24.3 Å². The molecule has 7 heteroatoms. The van der Waals surface area contributed by atoms with E-state index in [4.69, 9.17) is 4.21 Å². The van der Waals surface area contributed by atoms with Gasteiger partial charge in [-0.05, 0) is 0 Å². The predicted molar refractivity (Wildman–Crippen MR) is 183 cm³/mol. The molecule has 0 aromatic heterocycles. The molecule has 4 aromatic carbocycles. The van der Waals surface area contributed by atoms with Crippen LogP contribution in [0.3, 0.4) is 0 Å². The molecule has 250 valence electrons. The maximum atomic E-state index is 14.5. The zero-order valence-corrected chi connectivity index (χ0v) is 30.6. The molecule has 0 aliphatic heterocycles. The van der Waals surface area contributed by atoms with Crippen molar-refractivity contribution in [2.75, 3.05) is 0 Å². The van der Waals surface area contributed by atoms with Gasteiger partial charge in [0.1, 0.15) is 0 Å². The molecule has 0 nitrogen and oxygen atoms in total. The average molecular weight is 738 g/mol. The molecule has 0 saturated heterocycles. The van der Waals surface area contributed by atoms with E-state index in [1.54, 1.807) is 12.1 Å². The van der Waals surface area contributed by atoms with E-state index in [9.17, 15) is 26.3 Å². The van der Waals surface area contributed by atoms with Crippen molar-refractivity contribution in [2.45, 2.75) is 77.6 Å². The molecule has 0 spiro atoms. The Bertz CT molecular complexity index is 2010. The van der Waals surface area contributed by atoms with Crippen molar-refractivity contribution < 1.29 is 44.6 Å². The predicted octanol–water partition coefficient (Wildman–Crippen LogP) is 10.1. The second-order valence-electron chi connectivity index (χ2n) is 15.5. The van der Waals surface area contributed by atoms with Crippen LogP contribution >= 0.6 is 0 Å². The molecule has 4 aromatic rings. The monoisotopic (exact) mass is 736 g/mol. The number of benzene rings is 4. The van der Waals surface area contributed by atoms with Crippen LogP contribution in [-0.2, 0) is 47.9 Å². The van der Waals surface area contributed by atoms with Gasteiger partial charge in [-0.3, -0.25) is 0 Å². The van der Waals surface area contributed by atoms with E-state index in [1.807, 2.05) is 24.3 Å². The van der Waals surface area contributed by atoms with Gasteiger partial charge in [0.05, 0.1) is 0 Å². The van der Waals surface area contributed by atoms with Gasteiger partial charge in [0.2, 0.25) is 0 Å². The number of fused-ring (bicyclic) bond motifs is 3. The SMILES string of the molecule is [CH2]=[Zr]([C]1=CC=CC1)([c]1cccc(C(F)(F)F)c1)([c]1cccc(C(F)(F)F)c1)[c]1c(C(C)(C)C)ccc2c1Cc1cc(C(C)(C)C)ccc1-2. The molecular formula is C41H40F6Zr. The van der Waals surface area contributed by atoms with Crippen molar-refractivity contribution in [3.8, 4) is 11.1 Å².